The zero-order valence-electron chi connectivity index (χ0n) is 21.8. The lowest BCUT2D eigenvalue weighted by Crippen LogP contribution is -2.51. The second-order valence-corrected chi connectivity index (χ2v) is 11.1. The Hall–Kier alpha value is -2.54. The average molecular weight is 620 g/mol. The molecule has 0 fully saturated rings. The van der Waals surface area contributed by atoms with Crippen molar-refractivity contribution in [3.05, 3.63) is 97.9 Å². The lowest BCUT2D eigenvalue weighted by atomic mass is 10.0. The van der Waals surface area contributed by atoms with E-state index in [1.165, 1.54) is 0 Å². The topological polar surface area (TPSA) is 58.6 Å². The number of nitrogens with zero attached hydrogens (tertiary/aromatic N) is 1. The molecule has 1 unspecified atom stereocenters. The van der Waals surface area contributed by atoms with Crippen LogP contribution in [0.1, 0.15) is 49.8 Å². The Kier molecular flexibility index (Phi) is 11.5. The lowest BCUT2D eigenvalue weighted by molar-refractivity contribution is -0.142. The Labute approximate surface area is 243 Å². The molecule has 5 nitrogen and oxygen atoms in total. The highest BCUT2D eigenvalue weighted by molar-refractivity contribution is 9.10. The SMILES string of the molecule is CCCNC(=O)C(Cc1ccccc1)N(Cc1ccc(Cl)c(Cl)c1)C(=O)COc1ccc(C(C)C)cc1Br. The van der Waals surface area contributed by atoms with Gasteiger partial charge in [0, 0.05) is 19.5 Å². The number of carbonyl (C=O) groups excluding carboxylic acids is 2. The summed E-state index contributed by atoms with van der Waals surface area (Å²) in [5, 5.41) is 3.78. The van der Waals surface area contributed by atoms with Gasteiger partial charge in [-0.2, -0.15) is 0 Å². The smallest absolute Gasteiger partial charge is 0.261 e. The Balaban J connectivity index is 1.91. The molecule has 0 bridgehead atoms. The van der Waals surface area contributed by atoms with Crippen molar-refractivity contribution in [2.24, 2.45) is 0 Å². The average Bonchev–Trinajstić information content (AvgIpc) is 2.90. The summed E-state index contributed by atoms with van der Waals surface area (Å²) in [6, 6.07) is 20.0. The van der Waals surface area contributed by atoms with E-state index in [2.05, 4.69) is 35.1 Å². The molecule has 3 aromatic carbocycles. The number of hydrogen-bond acceptors (Lipinski definition) is 3. The maximum absolute atomic E-state index is 13.7. The Bertz CT molecular complexity index is 1240. The molecule has 0 aliphatic carbocycles. The number of amides is 2. The second-order valence-electron chi connectivity index (χ2n) is 9.40. The van der Waals surface area contributed by atoms with Gasteiger partial charge in [-0.05, 0) is 69.2 Å². The summed E-state index contributed by atoms with van der Waals surface area (Å²) in [5.74, 6) is 0.395. The molecule has 0 spiro atoms. The molecule has 0 aromatic heterocycles. The highest BCUT2D eigenvalue weighted by Gasteiger charge is 2.30. The highest BCUT2D eigenvalue weighted by Crippen LogP contribution is 2.29. The van der Waals surface area contributed by atoms with Crippen molar-refractivity contribution in [3.63, 3.8) is 0 Å². The molecular weight excluding hydrogens is 587 g/mol. The number of halogens is 3. The molecule has 0 aliphatic heterocycles. The van der Waals surface area contributed by atoms with Crippen LogP contribution >= 0.6 is 39.1 Å². The molecule has 38 heavy (non-hydrogen) atoms. The molecular formula is C30H33BrCl2N2O3. The first kappa shape index (κ1) is 30.0. The number of nitrogens with one attached hydrogen (secondary N) is 1. The summed E-state index contributed by atoms with van der Waals surface area (Å²) in [7, 11) is 0. The number of benzene rings is 3. The quantitative estimate of drug-likeness (QED) is 0.229. The molecule has 8 heteroatoms. The fourth-order valence-electron chi connectivity index (χ4n) is 3.97. The minimum atomic E-state index is -0.749. The van der Waals surface area contributed by atoms with Gasteiger partial charge in [0.2, 0.25) is 5.91 Å². The van der Waals surface area contributed by atoms with Crippen LogP contribution in [0, 0.1) is 0 Å². The van der Waals surface area contributed by atoms with Crippen molar-refractivity contribution in [1.29, 1.82) is 0 Å². The second kappa shape index (κ2) is 14.6. The van der Waals surface area contributed by atoms with Crippen LogP contribution in [0.15, 0.2) is 71.2 Å². The van der Waals surface area contributed by atoms with Crippen molar-refractivity contribution in [2.45, 2.75) is 52.1 Å². The van der Waals surface area contributed by atoms with Gasteiger partial charge in [-0.15, -0.1) is 0 Å². The first-order valence-corrected chi connectivity index (χ1v) is 14.2. The van der Waals surface area contributed by atoms with Gasteiger partial charge in [-0.1, -0.05) is 86.4 Å². The van der Waals surface area contributed by atoms with Crippen LogP contribution in [-0.2, 0) is 22.6 Å². The summed E-state index contributed by atoms with van der Waals surface area (Å²) in [5.41, 5.74) is 2.87. The first-order valence-electron chi connectivity index (χ1n) is 12.7. The summed E-state index contributed by atoms with van der Waals surface area (Å²) < 4.78 is 6.71. The van der Waals surface area contributed by atoms with Gasteiger partial charge in [-0.3, -0.25) is 9.59 Å². The third-order valence-corrected chi connectivity index (χ3v) is 7.49. The highest BCUT2D eigenvalue weighted by atomic mass is 79.9. The van der Waals surface area contributed by atoms with E-state index in [9.17, 15) is 9.59 Å². The molecule has 0 aliphatic rings. The van der Waals surface area contributed by atoms with Gasteiger partial charge in [0.15, 0.2) is 6.61 Å². The molecule has 3 aromatic rings. The third kappa shape index (κ3) is 8.48. The molecule has 0 saturated carbocycles. The fraction of sp³-hybridized carbons (Fsp3) is 0.333. The summed E-state index contributed by atoms with van der Waals surface area (Å²) in [6.45, 7) is 6.68. The molecule has 0 radical (unpaired) electrons. The van der Waals surface area contributed by atoms with E-state index in [1.54, 1.807) is 23.1 Å². The van der Waals surface area contributed by atoms with Crippen molar-refractivity contribution in [1.82, 2.24) is 10.2 Å². The van der Waals surface area contributed by atoms with Crippen molar-refractivity contribution in [3.8, 4) is 5.75 Å². The van der Waals surface area contributed by atoms with Gasteiger partial charge < -0.3 is 15.0 Å². The molecule has 202 valence electrons. The van der Waals surface area contributed by atoms with Gasteiger partial charge in [0.25, 0.3) is 5.91 Å². The summed E-state index contributed by atoms with van der Waals surface area (Å²) in [6.07, 6.45) is 1.14. The maximum Gasteiger partial charge on any atom is 0.261 e. The summed E-state index contributed by atoms with van der Waals surface area (Å²) >= 11 is 15.9. The van der Waals surface area contributed by atoms with Crippen LogP contribution in [0.25, 0.3) is 0 Å². The molecule has 2 amide bonds. The molecule has 1 atom stereocenters. The zero-order chi connectivity index (χ0) is 27.7. The third-order valence-electron chi connectivity index (χ3n) is 6.13. The Morgan fingerprint density at radius 3 is 2.34 bits per heavy atom. The maximum atomic E-state index is 13.7. The molecule has 0 saturated heterocycles. The fourth-order valence-corrected chi connectivity index (χ4v) is 4.80. The number of hydrogen-bond donors (Lipinski definition) is 1. The van der Waals surface area contributed by atoms with E-state index in [1.807, 2.05) is 55.5 Å². The van der Waals surface area contributed by atoms with Crippen molar-refractivity contribution in [2.75, 3.05) is 13.2 Å². The predicted octanol–water partition coefficient (Wildman–Crippen LogP) is 7.42. The van der Waals surface area contributed by atoms with E-state index < -0.39 is 6.04 Å². The lowest BCUT2D eigenvalue weighted by Gasteiger charge is -2.31. The van der Waals surface area contributed by atoms with E-state index in [0.29, 0.717) is 34.7 Å². The minimum absolute atomic E-state index is 0.170. The number of rotatable bonds is 12. The van der Waals surface area contributed by atoms with Crippen LogP contribution < -0.4 is 10.1 Å². The van der Waals surface area contributed by atoms with Gasteiger partial charge in [0.1, 0.15) is 11.8 Å². The number of ether oxygens (including phenoxy) is 1. The summed E-state index contributed by atoms with van der Waals surface area (Å²) in [4.78, 5) is 28.7. The predicted molar refractivity (Wildman–Crippen MR) is 158 cm³/mol. The first-order chi connectivity index (χ1) is 18.2. The normalized spacial score (nSPS) is 11.8. The van der Waals surface area contributed by atoms with Crippen molar-refractivity contribution < 1.29 is 14.3 Å². The van der Waals surface area contributed by atoms with Crippen LogP contribution in [-0.4, -0.2) is 35.9 Å². The molecule has 0 heterocycles. The zero-order valence-corrected chi connectivity index (χ0v) is 24.9. The van der Waals surface area contributed by atoms with E-state index in [-0.39, 0.29) is 25.0 Å². The van der Waals surface area contributed by atoms with E-state index in [0.717, 1.165) is 27.6 Å². The largest absolute Gasteiger partial charge is 0.483 e. The monoisotopic (exact) mass is 618 g/mol. The van der Waals surface area contributed by atoms with Crippen LogP contribution in [0.2, 0.25) is 10.0 Å². The van der Waals surface area contributed by atoms with Crippen LogP contribution in [0.4, 0.5) is 0 Å². The van der Waals surface area contributed by atoms with Gasteiger partial charge in [-0.25, -0.2) is 0 Å². The molecule has 3 rings (SSSR count). The van der Waals surface area contributed by atoms with E-state index >= 15 is 0 Å². The van der Waals surface area contributed by atoms with Gasteiger partial charge >= 0.3 is 0 Å². The Morgan fingerprint density at radius 2 is 1.71 bits per heavy atom. The minimum Gasteiger partial charge on any atom is -0.483 e. The standard InChI is InChI=1S/C30H33BrCl2N2O3/c1-4-14-34-30(37)27(16-21-8-6-5-7-9-21)35(18-22-10-12-25(32)26(33)15-22)29(36)19-38-28-13-11-23(20(2)3)17-24(28)31/h5-13,15,17,20,27H,4,14,16,18-19H2,1-3H3,(H,34,37). The van der Waals surface area contributed by atoms with Crippen LogP contribution in [0.5, 0.6) is 5.75 Å². The number of carbonyl (C=O) groups is 2. The van der Waals surface area contributed by atoms with Crippen molar-refractivity contribution >= 4 is 50.9 Å². The van der Waals surface area contributed by atoms with Gasteiger partial charge in [0.05, 0.1) is 14.5 Å². The van der Waals surface area contributed by atoms with E-state index in [4.69, 9.17) is 27.9 Å². The Morgan fingerprint density at radius 1 is 0.974 bits per heavy atom. The molecule has 1 N–H and O–H groups in total. The van der Waals surface area contributed by atoms with Crippen LogP contribution in [0.3, 0.4) is 0 Å².